The summed E-state index contributed by atoms with van der Waals surface area (Å²) in [4.78, 5) is 11.0. The third-order valence-corrected chi connectivity index (χ3v) is 2.98. The summed E-state index contributed by atoms with van der Waals surface area (Å²) in [5, 5.41) is 3.33. The molecule has 0 amide bonds. The first kappa shape index (κ1) is 13.2. The van der Waals surface area contributed by atoms with Gasteiger partial charge in [-0.15, -0.1) is 12.4 Å². The second-order valence-electron chi connectivity index (χ2n) is 4.04. The van der Waals surface area contributed by atoms with Crippen LogP contribution in [0.15, 0.2) is 12.4 Å². The molecule has 16 heavy (non-hydrogen) atoms. The van der Waals surface area contributed by atoms with Crippen LogP contribution in [0.4, 0.5) is 5.82 Å². The smallest absolute Gasteiger partial charge is 0.150 e. The largest absolute Gasteiger partial charge is 0.354 e. The highest BCUT2D eigenvalue weighted by Crippen LogP contribution is 2.19. The number of aromatic nitrogens is 2. The van der Waals surface area contributed by atoms with Crippen LogP contribution in [0.25, 0.3) is 0 Å². The molecule has 0 aliphatic carbocycles. The number of rotatable bonds is 2. The Labute approximate surface area is 103 Å². The lowest BCUT2D eigenvalue weighted by atomic mass is 10.1. The minimum Gasteiger partial charge on any atom is -0.354 e. The van der Waals surface area contributed by atoms with E-state index in [1.54, 1.807) is 12.4 Å². The van der Waals surface area contributed by atoms with E-state index in [-0.39, 0.29) is 12.4 Å². The lowest BCUT2D eigenvalue weighted by Crippen LogP contribution is -2.45. The quantitative estimate of drug-likeness (QED) is 0.851. The lowest BCUT2D eigenvalue weighted by Gasteiger charge is -2.33. The predicted molar refractivity (Wildman–Crippen MR) is 68.3 cm³/mol. The molecule has 1 N–H and O–H groups in total. The van der Waals surface area contributed by atoms with Crippen LogP contribution in [0.1, 0.15) is 18.5 Å². The van der Waals surface area contributed by atoms with Gasteiger partial charge in [-0.2, -0.15) is 0 Å². The Morgan fingerprint density at radius 3 is 2.81 bits per heavy atom. The maximum Gasteiger partial charge on any atom is 0.150 e. The average Bonchev–Trinajstić information content (AvgIpc) is 2.30. The molecule has 0 spiro atoms. The number of anilines is 1. The monoisotopic (exact) mass is 242 g/mol. The van der Waals surface area contributed by atoms with Crippen molar-refractivity contribution in [3.05, 3.63) is 18.1 Å². The number of aryl methyl sites for hydroxylation is 1. The lowest BCUT2D eigenvalue weighted by molar-refractivity contribution is 0.447. The number of piperidine rings is 1. The van der Waals surface area contributed by atoms with Crippen LogP contribution in [0.3, 0.4) is 0 Å². The summed E-state index contributed by atoms with van der Waals surface area (Å²) in [7, 11) is 2.03. The van der Waals surface area contributed by atoms with E-state index in [1.165, 1.54) is 12.8 Å². The first-order valence-electron chi connectivity index (χ1n) is 5.51. The molecule has 1 aliphatic rings. The Morgan fingerprint density at radius 1 is 1.38 bits per heavy atom. The van der Waals surface area contributed by atoms with Gasteiger partial charge < -0.3 is 10.2 Å². The standard InChI is InChI=1S/C11H18N4.ClH/c1-9-11(14-6-5-13-9)15-7-3-4-10(8-15)12-2;/h5-6,10,12H,3-4,7-8H2,1-2H3;1H. The highest BCUT2D eigenvalue weighted by atomic mass is 35.5. The zero-order valence-electron chi connectivity index (χ0n) is 9.81. The third-order valence-electron chi connectivity index (χ3n) is 2.98. The van der Waals surface area contributed by atoms with Gasteiger partial charge in [-0.3, -0.25) is 4.98 Å². The molecule has 1 saturated heterocycles. The van der Waals surface area contributed by atoms with E-state index in [2.05, 4.69) is 20.2 Å². The predicted octanol–water partition coefficient (Wildman–Crippen LogP) is 1.40. The summed E-state index contributed by atoms with van der Waals surface area (Å²) >= 11 is 0. The van der Waals surface area contributed by atoms with E-state index < -0.39 is 0 Å². The molecule has 2 rings (SSSR count). The fraction of sp³-hybridized carbons (Fsp3) is 0.636. The highest BCUT2D eigenvalue weighted by molar-refractivity contribution is 5.85. The molecule has 1 unspecified atom stereocenters. The van der Waals surface area contributed by atoms with Crippen molar-refractivity contribution in [3.63, 3.8) is 0 Å². The fourth-order valence-electron chi connectivity index (χ4n) is 2.12. The Morgan fingerprint density at radius 2 is 2.12 bits per heavy atom. The molecule has 0 aromatic carbocycles. The van der Waals surface area contributed by atoms with Gasteiger partial charge >= 0.3 is 0 Å². The summed E-state index contributed by atoms with van der Waals surface area (Å²) < 4.78 is 0. The SMILES string of the molecule is CNC1CCCN(c2nccnc2C)C1.Cl. The number of hydrogen-bond donors (Lipinski definition) is 1. The molecule has 1 aromatic rings. The van der Waals surface area contributed by atoms with Crippen LogP contribution in [0.5, 0.6) is 0 Å². The number of hydrogen-bond acceptors (Lipinski definition) is 4. The van der Waals surface area contributed by atoms with Gasteiger partial charge in [0.15, 0.2) is 0 Å². The van der Waals surface area contributed by atoms with Gasteiger partial charge in [-0.25, -0.2) is 4.98 Å². The van der Waals surface area contributed by atoms with Crippen molar-refractivity contribution in [2.24, 2.45) is 0 Å². The molecular formula is C11H19ClN4. The average molecular weight is 243 g/mol. The van der Waals surface area contributed by atoms with Gasteiger partial charge in [0.05, 0.1) is 5.69 Å². The summed E-state index contributed by atoms with van der Waals surface area (Å²) in [6, 6.07) is 0.583. The van der Waals surface area contributed by atoms with Crippen molar-refractivity contribution in [2.75, 3.05) is 25.0 Å². The van der Waals surface area contributed by atoms with Crippen molar-refractivity contribution in [1.29, 1.82) is 0 Å². The van der Waals surface area contributed by atoms with Crippen LogP contribution < -0.4 is 10.2 Å². The normalized spacial score (nSPS) is 20.4. The van der Waals surface area contributed by atoms with Crippen LogP contribution >= 0.6 is 12.4 Å². The highest BCUT2D eigenvalue weighted by Gasteiger charge is 2.20. The molecule has 0 saturated carbocycles. The molecule has 1 fully saturated rings. The van der Waals surface area contributed by atoms with Gasteiger partial charge in [0, 0.05) is 31.5 Å². The van der Waals surface area contributed by atoms with Crippen LogP contribution in [0.2, 0.25) is 0 Å². The molecular weight excluding hydrogens is 224 g/mol. The number of nitrogens with one attached hydrogen (secondary N) is 1. The van der Waals surface area contributed by atoms with Gasteiger partial charge in [-0.05, 0) is 26.8 Å². The summed E-state index contributed by atoms with van der Waals surface area (Å²) in [6.07, 6.45) is 6.00. The Hall–Kier alpha value is -0.870. The van der Waals surface area contributed by atoms with Crippen molar-refractivity contribution in [1.82, 2.24) is 15.3 Å². The molecule has 4 nitrogen and oxygen atoms in total. The first-order valence-corrected chi connectivity index (χ1v) is 5.51. The van der Waals surface area contributed by atoms with E-state index in [9.17, 15) is 0 Å². The maximum atomic E-state index is 4.41. The van der Waals surface area contributed by atoms with Crippen LogP contribution in [-0.2, 0) is 0 Å². The van der Waals surface area contributed by atoms with Crippen molar-refractivity contribution in [3.8, 4) is 0 Å². The van der Waals surface area contributed by atoms with E-state index in [0.717, 1.165) is 24.6 Å². The Bertz CT molecular complexity index is 332. The topological polar surface area (TPSA) is 41.0 Å². The molecule has 1 aliphatic heterocycles. The third kappa shape index (κ3) is 2.83. The zero-order valence-corrected chi connectivity index (χ0v) is 10.6. The molecule has 0 bridgehead atoms. The minimum atomic E-state index is 0. The van der Waals surface area contributed by atoms with Crippen molar-refractivity contribution < 1.29 is 0 Å². The second kappa shape index (κ2) is 6.01. The van der Waals surface area contributed by atoms with E-state index >= 15 is 0 Å². The molecule has 1 aromatic heterocycles. The van der Waals surface area contributed by atoms with Gasteiger partial charge in [0.25, 0.3) is 0 Å². The van der Waals surface area contributed by atoms with Gasteiger partial charge in [0.1, 0.15) is 5.82 Å². The van der Waals surface area contributed by atoms with Gasteiger partial charge in [-0.1, -0.05) is 0 Å². The number of halogens is 1. The fourth-order valence-corrected chi connectivity index (χ4v) is 2.12. The minimum absolute atomic E-state index is 0. The second-order valence-corrected chi connectivity index (χ2v) is 4.04. The van der Waals surface area contributed by atoms with Crippen molar-refractivity contribution in [2.45, 2.75) is 25.8 Å². The zero-order chi connectivity index (χ0) is 10.7. The Kier molecular flexibility index (Phi) is 4.96. The number of nitrogens with zero attached hydrogens (tertiary/aromatic N) is 3. The summed E-state index contributed by atoms with van der Waals surface area (Å²) in [6.45, 7) is 4.15. The molecule has 1 atom stereocenters. The molecule has 5 heteroatoms. The summed E-state index contributed by atoms with van der Waals surface area (Å²) in [5.41, 5.74) is 1.02. The molecule has 0 radical (unpaired) electrons. The maximum absolute atomic E-state index is 4.41. The molecule has 90 valence electrons. The van der Waals surface area contributed by atoms with E-state index in [0.29, 0.717) is 6.04 Å². The van der Waals surface area contributed by atoms with E-state index in [1.807, 2.05) is 14.0 Å². The van der Waals surface area contributed by atoms with Crippen LogP contribution in [0, 0.1) is 6.92 Å². The van der Waals surface area contributed by atoms with Crippen molar-refractivity contribution >= 4 is 18.2 Å². The van der Waals surface area contributed by atoms with Crippen LogP contribution in [-0.4, -0.2) is 36.1 Å². The number of likely N-dealkylation sites (N-methyl/N-ethyl adjacent to an activating group) is 1. The molecule has 2 heterocycles. The van der Waals surface area contributed by atoms with Gasteiger partial charge in [0.2, 0.25) is 0 Å². The first-order chi connectivity index (χ1) is 7.31. The van der Waals surface area contributed by atoms with E-state index in [4.69, 9.17) is 0 Å². The summed E-state index contributed by atoms with van der Waals surface area (Å²) in [5.74, 6) is 1.04. The Balaban J connectivity index is 0.00000128.